The second-order valence-corrected chi connectivity index (χ2v) is 5.46. The van der Waals surface area contributed by atoms with Gasteiger partial charge in [-0.2, -0.15) is 0 Å². The van der Waals surface area contributed by atoms with Gasteiger partial charge in [-0.05, 0) is 30.3 Å². The van der Waals surface area contributed by atoms with Crippen LogP contribution in [0.5, 0.6) is 0 Å². The predicted molar refractivity (Wildman–Crippen MR) is 86.1 cm³/mol. The van der Waals surface area contributed by atoms with Crippen LogP contribution in [0.3, 0.4) is 0 Å². The molecule has 4 nitrogen and oxygen atoms in total. The molecule has 114 valence electrons. The average Bonchev–Trinajstić information content (AvgIpc) is 2.51. The van der Waals surface area contributed by atoms with Crippen LogP contribution in [0.2, 0.25) is 0 Å². The Bertz CT molecular complexity index is 677. The normalized spacial score (nSPS) is 10.1. The van der Waals surface area contributed by atoms with E-state index >= 15 is 0 Å². The quantitative estimate of drug-likeness (QED) is 0.854. The highest BCUT2D eigenvalue weighted by Crippen LogP contribution is 2.19. The van der Waals surface area contributed by atoms with Crippen molar-refractivity contribution in [1.82, 2.24) is 5.32 Å². The van der Waals surface area contributed by atoms with E-state index in [2.05, 4.69) is 26.6 Å². The summed E-state index contributed by atoms with van der Waals surface area (Å²) in [7, 11) is 0. The van der Waals surface area contributed by atoms with Crippen molar-refractivity contribution in [2.24, 2.45) is 0 Å². The van der Waals surface area contributed by atoms with Gasteiger partial charge in [-0.15, -0.1) is 0 Å². The molecule has 0 aromatic heterocycles. The molecule has 6 heteroatoms. The van der Waals surface area contributed by atoms with E-state index in [1.807, 2.05) is 6.07 Å². The van der Waals surface area contributed by atoms with Crippen LogP contribution in [0, 0.1) is 5.82 Å². The minimum absolute atomic E-state index is 0.0636. The van der Waals surface area contributed by atoms with Crippen molar-refractivity contribution in [3.8, 4) is 0 Å². The fourth-order valence-electron chi connectivity index (χ4n) is 1.78. The summed E-state index contributed by atoms with van der Waals surface area (Å²) in [5.41, 5.74) is 0.643. The molecule has 2 rings (SSSR count). The van der Waals surface area contributed by atoms with Gasteiger partial charge < -0.3 is 10.6 Å². The molecular weight excluding hydrogens is 351 g/mol. The van der Waals surface area contributed by atoms with Crippen LogP contribution in [0.1, 0.15) is 16.8 Å². The number of benzene rings is 2. The Balaban J connectivity index is 1.80. The first-order valence-corrected chi connectivity index (χ1v) is 7.44. The summed E-state index contributed by atoms with van der Waals surface area (Å²) < 4.78 is 14.2. The number of anilines is 1. The number of halogens is 2. The molecule has 0 unspecified atom stereocenters. The SMILES string of the molecule is O=C(CCNC(=O)c1ccccc1)Nc1ccc(Br)cc1F. The first-order chi connectivity index (χ1) is 10.6. The van der Waals surface area contributed by atoms with Gasteiger partial charge in [-0.1, -0.05) is 34.1 Å². The van der Waals surface area contributed by atoms with E-state index in [4.69, 9.17) is 0 Å². The summed E-state index contributed by atoms with van der Waals surface area (Å²) in [6, 6.07) is 13.1. The smallest absolute Gasteiger partial charge is 0.251 e. The highest BCUT2D eigenvalue weighted by Gasteiger charge is 2.09. The molecule has 0 fully saturated rings. The molecule has 2 amide bonds. The van der Waals surface area contributed by atoms with Gasteiger partial charge in [-0.3, -0.25) is 9.59 Å². The van der Waals surface area contributed by atoms with Crippen molar-refractivity contribution in [2.75, 3.05) is 11.9 Å². The zero-order valence-corrected chi connectivity index (χ0v) is 13.2. The van der Waals surface area contributed by atoms with E-state index in [-0.39, 0.29) is 30.5 Å². The lowest BCUT2D eigenvalue weighted by molar-refractivity contribution is -0.116. The van der Waals surface area contributed by atoms with Crippen molar-refractivity contribution in [2.45, 2.75) is 6.42 Å². The molecule has 0 heterocycles. The molecule has 0 atom stereocenters. The van der Waals surface area contributed by atoms with E-state index in [9.17, 15) is 14.0 Å². The number of hydrogen-bond acceptors (Lipinski definition) is 2. The summed E-state index contributed by atoms with van der Waals surface area (Å²) in [6.07, 6.45) is 0.0636. The minimum Gasteiger partial charge on any atom is -0.352 e. The van der Waals surface area contributed by atoms with Gasteiger partial charge in [-0.25, -0.2) is 4.39 Å². The van der Waals surface area contributed by atoms with Gasteiger partial charge in [0.2, 0.25) is 5.91 Å². The first kappa shape index (κ1) is 16.2. The Morgan fingerprint density at radius 2 is 1.82 bits per heavy atom. The van der Waals surface area contributed by atoms with Gasteiger partial charge in [0, 0.05) is 23.0 Å². The van der Waals surface area contributed by atoms with E-state index in [0.29, 0.717) is 10.0 Å². The highest BCUT2D eigenvalue weighted by atomic mass is 79.9. The molecule has 0 saturated carbocycles. The van der Waals surface area contributed by atoms with E-state index < -0.39 is 5.82 Å². The lowest BCUT2D eigenvalue weighted by Crippen LogP contribution is -2.27. The van der Waals surface area contributed by atoms with Crippen molar-refractivity contribution < 1.29 is 14.0 Å². The lowest BCUT2D eigenvalue weighted by atomic mass is 10.2. The van der Waals surface area contributed by atoms with Gasteiger partial charge in [0.25, 0.3) is 5.91 Å². The molecule has 0 radical (unpaired) electrons. The Morgan fingerprint density at radius 1 is 1.09 bits per heavy atom. The topological polar surface area (TPSA) is 58.2 Å². The molecule has 2 aromatic rings. The maximum Gasteiger partial charge on any atom is 0.251 e. The standard InChI is InChI=1S/C16H14BrFN2O2/c17-12-6-7-14(13(18)10-12)20-15(21)8-9-19-16(22)11-4-2-1-3-5-11/h1-7,10H,8-9H2,(H,19,22)(H,20,21). The van der Waals surface area contributed by atoms with Crippen LogP contribution in [-0.4, -0.2) is 18.4 Å². The van der Waals surface area contributed by atoms with Crippen LogP contribution in [0.4, 0.5) is 10.1 Å². The van der Waals surface area contributed by atoms with Crippen LogP contribution in [0.15, 0.2) is 53.0 Å². The molecule has 0 spiro atoms. The summed E-state index contributed by atoms with van der Waals surface area (Å²) in [4.78, 5) is 23.5. The number of carbonyl (C=O) groups excluding carboxylic acids is 2. The van der Waals surface area contributed by atoms with E-state index in [0.717, 1.165) is 0 Å². The average molecular weight is 365 g/mol. The fourth-order valence-corrected chi connectivity index (χ4v) is 2.12. The summed E-state index contributed by atoms with van der Waals surface area (Å²) >= 11 is 3.14. The van der Waals surface area contributed by atoms with E-state index in [1.54, 1.807) is 30.3 Å². The monoisotopic (exact) mass is 364 g/mol. The third-order valence-corrected chi connectivity index (χ3v) is 3.37. The number of amides is 2. The minimum atomic E-state index is -0.518. The predicted octanol–water partition coefficient (Wildman–Crippen LogP) is 3.35. The van der Waals surface area contributed by atoms with Gasteiger partial charge in [0.05, 0.1) is 5.69 Å². The molecule has 2 N–H and O–H groups in total. The summed E-state index contributed by atoms with van der Waals surface area (Å²) in [5, 5.41) is 5.10. The Morgan fingerprint density at radius 3 is 2.50 bits per heavy atom. The van der Waals surface area contributed by atoms with Crippen molar-refractivity contribution >= 4 is 33.4 Å². The van der Waals surface area contributed by atoms with Crippen LogP contribution in [-0.2, 0) is 4.79 Å². The highest BCUT2D eigenvalue weighted by molar-refractivity contribution is 9.10. The largest absolute Gasteiger partial charge is 0.352 e. The third-order valence-electron chi connectivity index (χ3n) is 2.88. The number of nitrogens with one attached hydrogen (secondary N) is 2. The second kappa shape index (κ2) is 7.70. The Hall–Kier alpha value is -2.21. The second-order valence-electron chi connectivity index (χ2n) is 4.54. The maximum absolute atomic E-state index is 13.6. The molecular formula is C16H14BrFN2O2. The number of hydrogen-bond donors (Lipinski definition) is 2. The van der Waals surface area contributed by atoms with Gasteiger partial charge in [0.15, 0.2) is 0 Å². The van der Waals surface area contributed by atoms with Crippen molar-refractivity contribution in [1.29, 1.82) is 0 Å². The maximum atomic E-state index is 13.6. The molecule has 22 heavy (non-hydrogen) atoms. The van der Waals surface area contributed by atoms with E-state index in [1.165, 1.54) is 12.1 Å². The zero-order chi connectivity index (χ0) is 15.9. The van der Waals surface area contributed by atoms with Crippen LogP contribution >= 0.6 is 15.9 Å². The molecule has 0 aliphatic carbocycles. The lowest BCUT2D eigenvalue weighted by Gasteiger charge is -2.08. The van der Waals surface area contributed by atoms with Gasteiger partial charge in [0.1, 0.15) is 5.82 Å². The Kier molecular flexibility index (Phi) is 5.66. The van der Waals surface area contributed by atoms with Crippen molar-refractivity contribution in [3.63, 3.8) is 0 Å². The fraction of sp³-hybridized carbons (Fsp3) is 0.125. The summed E-state index contributed by atoms with van der Waals surface area (Å²) in [6.45, 7) is 0.178. The number of rotatable bonds is 5. The first-order valence-electron chi connectivity index (χ1n) is 6.64. The molecule has 0 bridgehead atoms. The Labute approximate surface area is 135 Å². The third kappa shape index (κ3) is 4.66. The molecule has 0 aliphatic rings. The van der Waals surface area contributed by atoms with Crippen molar-refractivity contribution in [3.05, 3.63) is 64.4 Å². The van der Waals surface area contributed by atoms with Gasteiger partial charge >= 0.3 is 0 Å². The molecule has 0 saturated heterocycles. The summed E-state index contributed by atoms with van der Waals surface area (Å²) in [5.74, 6) is -1.13. The zero-order valence-electron chi connectivity index (χ0n) is 11.6. The molecule has 0 aliphatic heterocycles. The number of carbonyl (C=O) groups is 2. The molecule has 2 aromatic carbocycles. The van der Waals surface area contributed by atoms with Crippen LogP contribution in [0.25, 0.3) is 0 Å². The van der Waals surface area contributed by atoms with Crippen LogP contribution < -0.4 is 10.6 Å².